The quantitative estimate of drug-likeness (QED) is 0.329. The predicted molar refractivity (Wildman–Crippen MR) is 71.6 cm³/mol. The van der Waals surface area contributed by atoms with Crippen LogP contribution in [0.15, 0.2) is 23.4 Å². The smallest absolute Gasteiger partial charge is 0.269 e. The maximum atomic E-state index is 10.7. The second-order valence-electron chi connectivity index (χ2n) is 3.73. The Balaban J connectivity index is 2.17. The Morgan fingerprint density at radius 3 is 2.95 bits per heavy atom. The number of nitro benzene ring substituents is 1. The number of rotatable bonds is 5. The topological polar surface area (TPSA) is 123 Å². The van der Waals surface area contributed by atoms with Gasteiger partial charge in [0.2, 0.25) is 5.16 Å². The lowest BCUT2D eigenvalue weighted by molar-refractivity contribution is -0.384. The summed E-state index contributed by atoms with van der Waals surface area (Å²) >= 11 is 1.37. The number of H-pyrrole nitrogens is 1. The van der Waals surface area contributed by atoms with Crippen molar-refractivity contribution in [3.63, 3.8) is 0 Å². The van der Waals surface area contributed by atoms with Crippen LogP contribution in [0.4, 0.5) is 11.4 Å². The van der Waals surface area contributed by atoms with E-state index in [0.29, 0.717) is 16.6 Å². The third kappa shape index (κ3) is 3.20. The zero-order valence-corrected chi connectivity index (χ0v) is 10.9. The molecule has 0 fully saturated rings. The van der Waals surface area contributed by atoms with Crippen LogP contribution >= 0.6 is 11.8 Å². The van der Waals surface area contributed by atoms with Crippen LogP contribution in [0, 0.1) is 17.0 Å². The van der Waals surface area contributed by atoms with Crippen LogP contribution in [0.25, 0.3) is 0 Å². The minimum Gasteiger partial charge on any atom is -0.324 e. The van der Waals surface area contributed by atoms with Gasteiger partial charge in [-0.15, -0.1) is 5.10 Å². The molecule has 0 saturated heterocycles. The molecule has 1 heterocycles. The number of hydrogen-bond acceptors (Lipinski definition) is 7. The normalized spacial score (nSPS) is 10.4. The van der Waals surface area contributed by atoms with Crippen LogP contribution in [-0.4, -0.2) is 20.1 Å². The molecule has 0 radical (unpaired) electrons. The Labute approximate surface area is 112 Å². The fourth-order valence-electron chi connectivity index (χ4n) is 1.48. The molecule has 0 atom stereocenters. The average Bonchev–Trinajstić information content (AvgIpc) is 2.81. The van der Waals surface area contributed by atoms with Gasteiger partial charge >= 0.3 is 0 Å². The number of aromatic amines is 1. The van der Waals surface area contributed by atoms with Crippen LogP contribution in [0.2, 0.25) is 0 Å². The molecule has 0 bridgehead atoms. The van der Waals surface area contributed by atoms with Crippen molar-refractivity contribution in [2.45, 2.75) is 17.8 Å². The fourth-order valence-corrected chi connectivity index (χ4v) is 2.32. The molecule has 0 unspecified atom stereocenters. The first-order valence-corrected chi connectivity index (χ1v) is 6.34. The van der Waals surface area contributed by atoms with E-state index in [1.165, 1.54) is 23.9 Å². The van der Waals surface area contributed by atoms with Crippen LogP contribution < -0.4 is 11.3 Å². The lowest BCUT2D eigenvalue weighted by Crippen LogP contribution is -2.09. The maximum Gasteiger partial charge on any atom is 0.269 e. The highest BCUT2D eigenvalue weighted by Crippen LogP contribution is 2.27. The average molecular weight is 280 g/mol. The van der Waals surface area contributed by atoms with Crippen molar-refractivity contribution in [3.8, 4) is 0 Å². The summed E-state index contributed by atoms with van der Waals surface area (Å²) < 4.78 is 0. The molecule has 1 aromatic carbocycles. The summed E-state index contributed by atoms with van der Waals surface area (Å²) in [5.74, 6) is 6.59. The minimum atomic E-state index is -0.439. The first-order valence-electron chi connectivity index (χ1n) is 5.36. The van der Waals surface area contributed by atoms with Crippen LogP contribution in [0.5, 0.6) is 0 Å². The van der Waals surface area contributed by atoms with Gasteiger partial charge in [-0.1, -0.05) is 11.8 Å². The molecule has 0 aliphatic carbocycles. The monoisotopic (exact) mass is 280 g/mol. The molecule has 0 amide bonds. The minimum absolute atomic E-state index is 0.0285. The second kappa shape index (κ2) is 5.67. The number of hydrazine groups is 1. The zero-order valence-electron chi connectivity index (χ0n) is 10.1. The molecule has 100 valence electrons. The van der Waals surface area contributed by atoms with Gasteiger partial charge in [-0.05, 0) is 18.6 Å². The van der Waals surface area contributed by atoms with Crippen molar-refractivity contribution in [3.05, 3.63) is 39.7 Å². The highest BCUT2D eigenvalue weighted by Gasteiger charge is 2.11. The number of thioether (sulfide) groups is 1. The Kier molecular flexibility index (Phi) is 3.97. The number of aromatic nitrogens is 3. The van der Waals surface area contributed by atoms with Crippen molar-refractivity contribution in [1.29, 1.82) is 0 Å². The van der Waals surface area contributed by atoms with E-state index in [1.807, 2.05) is 0 Å². The summed E-state index contributed by atoms with van der Waals surface area (Å²) in [4.78, 5) is 14.5. The van der Waals surface area contributed by atoms with E-state index in [2.05, 4.69) is 20.6 Å². The fraction of sp³-hybridized carbons (Fsp3) is 0.200. The van der Waals surface area contributed by atoms with E-state index in [-0.39, 0.29) is 5.69 Å². The van der Waals surface area contributed by atoms with Gasteiger partial charge in [0.1, 0.15) is 5.82 Å². The zero-order chi connectivity index (χ0) is 13.8. The largest absolute Gasteiger partial charge is 0.324 e. The van der Waals surface area contributed by atoms with Crippen molar-refractivity contribution in [1.82, 2.24) is 15.2 Å². The number of nitro groups is 1. The van der Waals surface area contributed by atoms with Gasteiger partial charge in [-0.3, -0.25) is 21.1 Å². The van der Waals surface area contributed by atoms with Gasteiger partial charge in [0.05, 0.1) is 10.6 Å². The highest BCUT2D eigenvalue weighted by atomic mass is 32.2. The number of hydrogen-bond donors (Lipinski definition) is 3. The number of anilines is 1. The summed E-state index contributed by atoms with van der Waals surface area (Å²) in [6.07, 6.45) is 0. The van der Waals surface area contributed by atoms with Gasteiger partial charge < -0.3 is 5.43 Å². The summed E-state index contributed by atoms with van der Waals surface area (Å²) in [6.45, 7) is 1.80. The Morgan fingerprint density at radius 2 is 2.37 bits per heavy atom. The van der Waals surface area contributed by atoms with Crippen molar-refractivity contribution < 1.29 is 4.92 Å². The third-order valence-electron chi connectivity index (χ3n) is 2.39. The van der Waals surface area contributed by atoms with Gasteiger partial charge in [0.15, 0.2) is 0 Å². The van der Waals surface area contributed by atoms with Crippen molar-refractivity contribution in [2.24, 2.45) is 5.84 Å². The maximum absolute atomic E-state index is 10.7. The number of nitrogen functional groups attached to an aromatic ring is 1. The van der Waals surface area contributed by atoms with Gasteiger partial charge in [-0.2, -0.15) is 0 Å². The van der Waals surface area contributed by atoms with E-state index < -0.39 is 4.92 Å². The lowest BCUT2D eigenvalue weighted by Gasteiger charge is -2.07. The van der Waals surface area contributed by atoms with E-state index in [4.69, 9.17) is 5.84 Å². The molecule has 0 saturated carbocycles. The third-order valence-corrected chi connectivity index (χ3v) is 3.28. The molecule has 0 spiro atoms. The summed E-state index contributed by atoms with van der Waals surface area (Å²) in [7, 11) is 0. The predicted octanol–water partition coefficient (Wildman–Crippen LogP) is 1.60. The SMILES string of the molecule is Cc1nc(SCc2cc([N+](=O)[O-])ccc2NN)n[nH]1. The molecule has 9 heteroatoms. The van der Waals surface area contributed by atoms with Crippen molar-refractivity contribution >= 4 is 23.1 Å². The molecule has 19 heavy (non-hydrogen) atoms. The Bertz CT molecular complexity index is 599. The van der Waals surface area contributed by atoms with Gasteiger partial charge in [-0.25, -0.2) is 4.98 Å². The Morgan fingerprint density at radius 1 is 1.58 bits per heavy atom. The van der Waals surface area contributed by atoms with Gasteiger partial charge in [0, 0.05) is 17.9 Å². The first-order chi connectivity index (χ1) is 9.10. The molecule has 2 aromatic rings. The molecule has 8 nitrogen and oxygen atoms in total. The summed E-state index contributed by atoms with van der Waals surface area (Å²) in [5, 5.41) is 18.1. The highest BCUT2D eigenvalue weighted by molar-refractivity contribution is 7.98. The number of benzene rings is 1. The summed E-state index contributed by atoms with van der Waals surface area (Å²) in [6, 6.07) is 4.47. The van der Waals surface area contributed by atoms with E-state index in [9.17, 15) is 10.1 Å². The van der Waals surface area contributed by atoms with Crippen LogP contribution in [-0.2, 0) is 5.75 Å². The molecule has 2 rings (SSSR count). The van der Waals surface area contributed by atoms with Crippen LogP contribution in [0.1, 0.15) is 11.4 Å². The number of nitrogens with two attached hydrogens (primary N) is 1. The van der Waals surface area contributed by atoms with Gasteiger partial charge in [0.25, 0.3) is 5.69 Å². The second-order valence-corrected chi connectivity index (χ2v) is 4.68. The lowest BCUT2D eigenvalue weighted by atomic mass is 10.2. The Hall–Kier alpha value is -2.13. The molecular formula is C10H12N6O2S. The van der Waals surface area contributed by atoms with Crippen LogP contribution in [0.3, 0.4) is 0 Å². The van der Waals surface area contributed by atoms with Crippen molar-refractivity contribution in [2.75, 3.05) is 5.43 Å². The first kappa shape index (κ1) is 13.3. The molecule has 4 N–H and O–H groups in total. The van der Waals surface area contributed by atoms with E-state index in [0.717, 1.165) is 11.4 Å². The van der Waals surface area contributed by atoms with E-state index in [1.54, 1.807) is 13.0 Å². The number of nitrogens with zero attached hydrogens (tertiary/aromatic N) is 3. The molecule has 0 aliphatic rings. The molecular weight excluding hydrogens is 268 g/mol. The number of nitrogens with one attached hydrogen (secondary N) is 2. The summed E-state index contributed by atoms with van der Waals surface area (Å²) in [5.41, 5.74) is 3.92. The van der Waals surface area contributed by atoms with E-state index >= 15 is 0 Å². The number of aryl methyl sites for hydroxylation is 1. The molecule has 0 aliphatic heterocycles. The number of non-ortho nitro benzene ring substituents is 1. The standard InChI is InChI=1S/C10H12N6O2S/c1-6-12-10(15-14-6)19-5-7-4-8(16(17)18)2-3-9(7)13-11/h2-4,13H,5,11H2,1H3,(H,12,14,15). The molecule has 1 aromatic heterocycles.